The molecule has 0 heterocycles. The van der Waals surface area contributed by atoms with E-state index in [9.17, 15) is 4.79 Å². The third kappa shape index (κ3) is 1.53. The summed E-state index contributed by atoms with van der Waals surface area (Å²) in [6.45, 7) is 7.55. The van der Waals surface area contributed by atoms with Crippen molar-refractivity contribution in [3.63, 3.8) is 0 Å². The standard InChI is InChI=1S/C19H30O/c1-12-4-7-16-15-6-5-13-10-14(20)11-19(13,3)17(15)8-9-18(12,16)2/h12-13,15-17H,4-11H2,1-3H3. The molecule has 0 aromatic rings. The molecule has 0 amide bonds. The molecule has 0 bridgehead atoms. The van der Waals surface area contributed by atoms with Crippen LogP contribution < -0.4 is 0 Å². The van der Waals surface area contributed by atoms with Crippen LogP contribution in [0.4, 0.5) is 0 Å². The fourth-order valence-electron chi connectivity index (χ4n) is 7.18. The Bertz CT molecular complexity index is 441. The van der Waals surface area contributed by atoms with Crippen LogP contribution in [-0.2, 0) is 4.79 Å². The first-order valence-electron chi connectivity index (χ1n) is 8.97. The molecule has 0 aromatic carbocycles. The summed E-state index contributed by atoms with van der Waals surface area (Å²) in [7, 11) is 0. The average Bonchev–Trinajstić information content (AvgIpc) is 2.86. The quantitative estimate of drug-likeness (QED) is 0.617. The number of fused-ring (bicyclic) bond motifs is 5. The van der Waals surface area contributed by atoms with Crippen molar-refractivity contribution >= 4 is 5.78 Å². The SMILES string of the molecule is CC1CCC2C3CCC4CC(=O)CC4(C)C3CCC12C. The van der Waals surface area contributed by atoms with Crippen LogP contribution in [-0.4, -0.2) is 5.78 Å². The summed E-state index contributed by atoms with van der Waals surface area (Å²) in [6, 6.07) is 0. The number of hydrogen-bond acceptors (Lipinski definition) is 1. The van der Waals surface area contributed by atoms with Crippen molar-refractivity contribution in [2.75, 3.05) is 0 Å². The molecule has 4 saturated carbocycles. The van der Waals surface area contributed by atoms with Crippen LogP contribution in [0, 0.1) is 40.4 Å². The highest BCUT2D eigenvalue weighted by atomic mass is 16.1. The molecule has 112 valence electrons. The van der Waals surface area contributed by atoms with Gasteiger partial charge in [-0.05, 0) is 78.9 Å². The van der Waals surface area contributed by atoms with Gasteiger partial charge in [-0.1, -0.05) is 20.8 Å². The minimum atomic E-state index is 0.368. The van der Waals surface area contributed by atoms with E-state index < -0.39 is 0 Å². The Kier molecular flexibility index (Phi) is 2.74. The van der Waals surface area contributed by atoms with Crippen molar-refractivity contribution in [2.45, 2.75) is 72.1 Å². The fraction of sp³-hybridized carbons (Fsp3) is 0.947. The Hall–Kier alpha value is -0.330. The van der Waals surface area contributed by atoms with E-state index in [1.165, 1.54) is 38.5 Å². The Balaban J connectivity index is 1.67. The summed E-state index contributed by atoms with van der Waals surface area (Å²) in [5.41, 5.74) is 0.986. The van der Waals surface area contributed by atoms with Gasteiger partial charge in [-0.15, -0.1) is 0 Å². The Morgan fingerprint density at radius 3 is 2.50 bits per heavy atom. The number of Topliss-reactive ketones (excluding diaryl/α,β-unsaturated/α-hetero) is 1. The van der Waals surface area contributed by atoms with Crippen LogP contribution in [0.15, 0.2) is 0 Å². The maximum Gasteiger partial charge on any atom is 0.133 e. The Labute approximate surface area is 123 Å². The molecule has 20 heavy (non-hydrogen) atoms. The molecule has 0 spiro atoms. The third-order valence-electron chi connectivity index (χ3n) is 8.59. The van der Waals surface area contributed by atoms with E-state index in [4.69, 9.17) is 0 Å². The van der Waals surface area contributed by atoms with Gasteiger partial charge >= 0.3 is 0 Å². The van der Waals surface area contributed by atoms with Gasteiger partial charge in [0.25, 0.3) is 0 Å². The summed E-state index contributed by atoms with van der Waals surface area (Å²) in [5.74, 6) is 4.96. The topological polar surface area (TPSA) is 17.1 Å². The highest BCUT2D eigenvalue weighted by Gasteiger charge is 2.60. The normalized spacial score (nSPS) is 58.1. The van der Waals surface area contributed by atoms with Gasteiger partial charge in [0.15, 0.2) is 0 Å². The molecule has 0 N–H and O–H groups in total. The second-order valence-electron chi connectivity index (χ2n) is 9.10. The van der Waals surface area contributed by atoms with Gasteiger partial charge in [-0.2, -0.15) is 0 Å². The predicted molar refractivity (Wildman–Crippen MR) is 81.3 cm³/mol. The summed E-state index contributed by atoms with van der Waals surface area (Å²) in [6.07, 6.45) is 10.3. The summed E-state index contributed by atoms with van der Waals surface area (Å²) in [4.78, 5) is 12.0. The highest BCUT2D eigenvalue weighted by Crippen LogP contribution is 2.67. The van der Waals surface area contributed by atoms with Crippen LogP contribution in [0.3, 0.4) is 0 Å². The third-order valence-corrected chi connectivity index (χ3v) is 8.59. The number of rotatable bonds is 0. The van der Waals surface area contributed by atoms with Crippen molar-refractivity contribution in [1.29, 1.82) is 0 Å². The Morgan fingerprint density at radius 2 is 1.70 bits per heavy atom. The van der Waals surface area contributed by atoms with E-state index in [1.807, 2.05) is 0 Å². The van der Waals surface area contributed by atoms with Crippen LogP contribution >= 0.6 is 0 Å². The maximum absolute atomic E-state index is 12.0. The predicted octanol–water partition coefficient (Wildman–Crippen LogP) is 4.84. The van der Waals surface area contributed by atoms with Crippen LogP contribution in [0.1, 0.15) is 72.1 Å². The van der Waals surface area contributed by atoms with Crippen molar-refractivity contribution in [3.05, 3.63) is 0 Å². The van der Waals surface area contributed by atoms with Crippen molar-refractivity contribution in [2.24, 2.45) is 40.4 Å². The van der Waals surface area contributed by atoms with Crippen LogP contribution in [0.2, 0.25) is 0 Å². The molecule has 4 fully saturated rings. The molecule has 7 unspecified atom stereocenters. The second kappa shape index (κ2) is 4.11. The van der Waals surface area contributed by atoms with Gasteiger partial charge in [0.05, 0.1) is 0 Å². The zero-order valence-electron chi connectivity index (χ0n) is 13.5. The largest absolute Gasteiger partial charge is 0.300 e. The molecule has 7 atom stereocenters. The lowest BCUT2D eigenvalue weighted by Gasteiger charge is -2.57. The molecule has 4 aliphatic carbocycles. The lowest BCUT2D eigenvalue weighted by molar-refractivity contribution is -0.119. The number of carbonyl (C=O) groups excluding carboxylic acids is 1. The first-order chi connectivity index (χ1) is 9.45. The fourth-order valence-corrected chi connectivity index (χ4v) is 7.18. The zero-order valence-corrected chi connectivity index (χ0v) is 13.5. The smallest absolute Gasteiger partial charge is 0.133 e. The monoisotopic (exact) mass is 274 g/mol. The zero-order chi connectivity index (χ0) is 14.1. The maximum atomic E-state index is 12.0. The first-order valence-corrected chi connectivity index (χ1v) is 8.97. The van der Waals surface area contributed by atoms with Gasteiger partial charge < -0.3 is 0 Å². The van der Waals surface area contributed by atoms with Gasteiger partial charge in [-0.25, -0.2) is 0 Å². The van der Waals surface area contributed by atoms with Crippen molar-refractivity contribution in [1.82, 2.24) is 0 Å². The molecule has 4 aliphatic rings. The van der Waals surface area contributed by atoms with E-state index in [-0.39, 0.29) is 0 Å². The van der Waals surface area contributed by atoms with Gasteiger partial charge in [0.1, 0.15) is 5.78 Å². The first kappa shape index (κ1) is 13.3. The van der Waals surface area contributed by atoms with E-state index in [0.717, 1.165) is 42.4 Å². The molecular weight excluding hydrogens is 244 g/mol. The molecule has 1 heteroatoms. The highest BCUT2D eigenvalue weighted by molar-refractivity contribution is 5.82. The number of ketones is 1. The van der Waals surface area contributed by atoms with E-state index in [0.29, 0.717) is 16.6 Å². The average molecular weight is 274 g/mol. The molecular formula is C19H30O. The lowest BCUT2D eigenvalue weighted by atomic mass is 9.48. The Morgan fingerprint density at radius 1 is 0.950 bits per heavy atom. The molecule has 0 aromatic heterocycles. The van der Waals surface area contributed by atoms with Crippen LogP contribution in [0.25, 0.3) is 0 Å². The summed E-state index contributed by atoms with van der Waals surface area (Å²) < 4.78 is 0. The van der Waals surface area contributed by atoms with E-state index in [2.05, 4.69) is 20.8 Å². The minimum absolute atomic E-state index is 0.368. The summed E-state index contributed by atoms with van der Waals surface area (Å²) in [5, 5.41) is 0. The van der Waals surface area contributed by atoms with Gasteiger partial charge in [0.2, 0.25) is 0 Å². The van der Waals surface area contributed by atoms with E-state index in [1.54, 1.807) is 0 Å². The molecule has 1 nitrogen and oxygen atoms in total. The molecule has 0 saturated heterocycles. The molecule has 0 radical (unpaired) electrons. The van der Waals surface area contributed by atoms with Crippen molar-refractivity contribution in [3.8, 4) is 0 Å². The number of hydrogen-bond donors (Lipinski definition) is 0. The lowest BCUT2D eigenvalue weighted by Crippen LogP contribution is -2.50. The van der Waals surface area contributed by atoms with Gasteiger partial charge in [-0.3, -0.25) is 4.79 Å². The molecule has 0 aliphatic heterocycles. The summed E-state index contributed by atoms with van der Waals surface area (Å²) >= 11 is 0. The molecule has 4 rings (SSSR count). The second-order valence-corrected chi connectivity index (χ2v) is 9.10. The number of carbonyl (C=O) groups is 1. The minimum Gasteiger partial charge on any atom is -0.300 e. The van der Waals surface area contributed by atoms with Gasteiger partial charge in [0, 0.05) is 12.8 Å². The van der Waals surface area contributed by atoms with E-state index >= 15 is 0 Å². The van der Waals surface area contributed by atoms with Crippen LogP contribution in [0.5, 0.6) is 0 Å². The van der Waals surface area contributed by atoms with Crippen molar-refractivity contribution < 1.29 is 4.79 Å².